The van der Waals surface area contributed by atoms with Crippen molar-refractivity contribution in [2.45, 2.75) is 26.4 Å². The van der Waals surface area contributed by atoms with Crippen LogP contribution in [0.15, 0.2) is 36.4 Å². The van der Waals surface area contributed by atoms with E-state index in [1.165, 1.54) is 0 Å². The van der Waals surface area contributed by atoms with Crippen molar-refractivity contribution in [1.29, 1.82) is 0 Å². The smallest absolute Gasteiger partial charge is 0.203 e. The Morgan fingerprint density at radius 3 is 2.35 bits per heavy atom. The Hall–Kier alpha value is -1.61. The van der Waals surface area contributed by atoms with Crippen LogP contribution in [0.1, 0.15) is 19.4 Å². The molecular weight excluding hydrogens is 216 g/mol. The molecule has 1 N–H and O–H groups in total. The highest BCUT2D eigenvalue weighted by atomic mass is 16.5. The van der Waals surface area contributed by atoms with E-state index in [1.54, 1.807) is 26.0 Å². The summed E-state index contributed by atoms with van der Waals surface area (Å²) in [6.07, 6.45) is 0. The van der Waals surface area contributed by atoms with E-state index in [0.29, 0.717) is 11.3 Å². The van der Waals surface area contributed by atoms with Crippen LogP contribution in [0, 0.1) is 6.92 Å². The van der Waals surface area contributed by atoms with E-state index in [4.69, 9.17) is 4.74 Å². The molecule has 1 rings (SSSR count). The lowest BCUT2D eigenvalue weighted by atomic mass is 9.97. The number of Topliss-reactive ketones (excluding diaryl/α,β-unsaturated/α-hetero) is 1. The van der Waals surface area contributed by atoms with Crippen molar-refractivity contribution in [2.75, 3.05) is 6.61 Å². The summed E-state index contributed by atoms with van der Waals surface area (Å²) < 4.78 is 5.57. The fourth-order valence-corrected chi connectivity index (χ4v) is 1.47. The van der Waals surface area contributed by atoms with Crippen LogP contribution in [-0.4, -0.2) is 23.1 Å². The van der Waals surface area contributed by atoms with E-state index >= 15 is 0 Å². The number of hydrogen-bond donors (Lipinski definition) is 1. The van der Waals surface area contributed by atoms with Crippen molar-refractivity contribution in [3.8, 4) is 5.75 Å². The zero-order valence-electron chi connectivity index (χ0n) is 10.5. The first-order chi connectivity index (χ1) is 7.89. The largest absolute Gasteiger partial charge is 0.477 e. The summed E-state index contributed by atoms with van der Waals surface area (Å²) in [6.45, 7) is 8.33. The predicted octanol–water partition coefficient (Wildman–Crippen LogP) is 2.27. The van der Waals surface area contributed by atoms with Gasteiger partial charge in [-0.25, -0.2) is 0 Å². The minimum atomic E-state index is -1.26. The second kappa shape index (κ2) is 5.15. The van der Waals surface area contributed by atoms with Gasteiger partial charge in [0.15, 0.2) is 5.60 Å². The standard InChI is InChI=1S/C14H18O3/c1-10(2)13(16)14(4,9-15)17-12-7-5-11(3)6-8-12/h5-8,15H,1,9H2,2-4H3. The second-order valence-corrected chi connectivity index (χ2v) is 4.41. The van der Waals surface area contributed by atoms with Gasteiger partial charge in [-0.3, -0.25) is 4.79 Å². The Balaban J connectivity index is 2.92. The first kappa shape index (κ1) is 13.5. The Bertz CT molecular complexity index is 420. The highest BCUT2D eigenvalue weighted by Gasteiger charge is 2.35. The zero-order valence-corrected chi connectivity index (χ0v) is 10.5. The first-order valence-electron chi connectivity index (χ1n) is 5.46. The van der Waals surface area contributed by atoms with Gasteiger partial charge in [0.25, 0.3) is 0 Å². The van der Waals surface area contributed by atoms with Gasteiger partial charge >= 0.3 is 0 Å². The molecule has 0 aliphatic rings. The van der Waals surface area contributed by atoms with Crippen molar-refractivity contribution < 1.29 is 14.6 Å². The molecule has 0 aromatic heterocycles. The van der Waals surface area contributed by atoms with Crippen LogP contribution >= 0.6 is 0 Å². The number of ketones is 1. The van der Waals surface area contributed by atoms with Crippen LogP contribution in [0.5, 0.6) is 5.75 Å². The molecule has 0 saturated heterocycles. The van der Waals surface area contributed by atoms with Crippen molar-refractivity contribution in [1.82, 2.24) is 0 Å². The van der Waals surface area contributed by atoms with E-state index < -0.39 is 5.60 Å². The summed E-state index contributed by atoms with van der Waals surface area (Å²) in [6, 6.07) is 7.32. The van der Waals surface area contributed by atoms with Gasteiger partial charge in [-0.2, -0.15) is 0 Å². The van der Waals surface area contributed by atoms with Gasteiger partial charge < -0.3 is 9.84 Å². The van der Waals surface area contributed by atoms with Crippen LogP contribution in [0.2, 0.25) is 0 Å². The number of carbonyl (C=O) groups is 1. The highest BCUT2D eigenvalue weighted by molar-refractivity contribution is 6.01. The minimum Gasteiger partial charge on any atom is -0.477 e. The maximum Gasteiger partial charge on any atom is 0.203 e. The second-order valence-electron chi connectivity index (χ2n) is 4.41. The SMILES string of the molecule is C=C(C)C(=O)C(C)(CO)Oc1ccc(C)cc1. The maximum absolute atomic E-state index is 11.9. The van der Waals surface area contributed by atoms with Gasteiger partial charge in [0.2, 0.25) is 5.78 Å². The van der Waals surface area contributed by atoms with Crippen LogP contribution < -0.4 is 4.74 Å². The molecule has 1 aromatic carbocycles. The molecule has 0 aliphatic carbocycles. The molecule has 0 saturated carbocycles. The number of ether oxygens (including phenoxy) is 1. The van der Waals surface area contributed by atoms with Gasteiger partial charge in [-0.05, 0) is 38.5 Å². The third-order valence-corrected chi connectivity index (χ3v) is 2.53. The monoisotopic (exact) mass is 234 g/mol. The van der Waals surface area contributed by atoms with E-state index in [-0.39, 0.29) is 12.4 Å². The average Bonchev–Trinajstić information content (AvgIpc) is 2.31. The summed E-state index contributed by atoms with van der Waals surface area (Å²) >= 11 is 0. The van der Waals surface area contributed by atoms with Crippen molar-refractivity contribution in [2.24, 2.45) is 0 Å². The van der Waals surface area contributed by atoms with Crippen molar-refractivity contribution >= 4 is 5.78 Å². The summed E-state index contributed by atoms with van der Waals surface area (Å²) in [4.78, 5) is 11.9. The number of aliphatic hydroxyl groups excluding tert-OH is 1. The first-order valence-corrected chi connectivity index (χ1v) is 5.46. The normalized spacial score (nSPS) is 13.9. The molecule has 3 nitrogen and oxygen atoms in total. The summed E-state index contributed by atoms with van der Waals surface area (Å²) in [7, 11) is 0. The molecule has 17 heavy (non-hydrogen) atoms. The Morgan fingerprint density at radius 2 is 1.94 bits per heavy atom. The molecule has 1 aromatic rings. The lowest BCUT2D eigenvalue weighted by Gasteiger charge is -2.27. The van der Waals surface area contributed by atoms with Crippen LogP contribution in [0.4, 0.5) is 0 Å². The minimum absolute atomic E-state index is 0.291. The van der Waals surface area contributed by atoms with Gasteiger partial charge in [-0.1, -0.05) is 24.3 Å². The lowest BCUT2D eigenvalue weighted by Crippen LogP contribution is -2.45. The third-order valence-electron chi connectivity index (χ3n) is 2.53. The predicted molar refractivity (Wildman–Crippen MR) is 67.1 cm³/mol. The van der Waals surface area contributed by atoms with E-state index in [2.05, 4.69) is 6.58 Å². The van der Waals surface area contributed by atoms with E-state index in [1.807, 2.05) is 19.1 Å². The molecule has 1 atom stereocenters. The van der Waals surface area contributed by atoms with Gasteiger partial charge in [0.05, 0.1) is 6.61 Å². The fraction of sp³-hybridized carbons (Fsp3) is 0.357. The molecule has 0 amide bonds. The number of carbonyl (C=O) groups excluding carboxylic acids is 1. The van der Waals surface area contributed by atoms with Gasteiger partial charge in [0, 0.05) is 0 Å². The zero-order chi connectivity index (χ0) is 13.1. The van der Waals surface area contributed by atoms with Crippen LogP contribution in [-0.2, 0) is 4.79 Å². The molecule has 0 spiro atoms. The molecule has 1 unspecified atom stereocenters. The molecule has 0 bridgehead atoms. The number of benzene rings is 1. The Labute approximate surface area is 102 Å². The van der Waals surface area contributed by atoms with Gasteiger partial charge in [-0.15, -0.1) is 0 Å². The Morgan fingerprint density at radius 1 is 1.41 bits per heavy atom. The lowest BCUT2D eigenvalue weighted by molar-refractivity contribution is -0.132. The van der Waals surface area contributed by atoms with E-state index in [9.17, 15) is 9.90 Å². The van der Waals surface area contributed by atoms with Crippen molar-refractivity contribution in [3.63, 3.8) is 0 Å². The highest BCUT2D eigenvalue weighted by Crippen LogP contribution is 2.21. The molecule has 0 radical (unpaired) electrons. The quantitative estimate of drug-likeness (QED) is 0.795. The average molecular weight is 234 g/mol. The Kier molecular flexibility index (Phi) is 4.07. The molecular formula is C14H18O3. The number of hydrogen-bond acceptors (Lipinski definition) is 3. The topological polar surface area (TPSA) is 46.5 Å². The third kappa shape index (κ3) is 3.17. The van der Waals surface area contributed by atoms with Crippen LogP contribution in [0.25, 0.3) is 0 Å². The summed E-state index contributed by atoms with van der Waals surface area (Å²) in [5.74, 6) is 0.266. The summed E-state index contributed by atoms with van der Waals surface area (Å²) in [5, 5.41) is 9.33. The number of aryl methyl sites for hydroxylation is 1. The fourth-order valence-electron chi connectivity index (χ4n) is 1.47. The van der Waals surface area contributed by atoms with Gasteiger partial charge in [0.1, 0.15) is 5.75 Å². The molecule has 0 fully saturated rings. The molecule has 0 aliphatic heterocycles. The van der Waals surface area contributed by atoms with Crippen molar-refractivity contribution in [3.05, 3.63) is 42.0 Å². The maximum atomic E-state index is 11.9. The molecule has 3 heteroatoms. The molecule has 0 heterocycles. The summed E-state index contributed by atoms with van der Waals surface area (Å²) in [5.41, 5.74) is 0.212. The van der Waals surface area contributed by atoms with Crippen LogP contribution in [0.3, 0.4) is 0 Å². The van der Waals surface area contributed by atoms with E-state index in [0.717, 1.165) is 5.56 Å². The molecule has 92 valence electrons. The number of rotatable bonds is 5. The number of aliphatic hydroxyl groups is 1.